The van der Waals surface area contributed by atoms with E-state index in [0.717, 1.165) is 28.1 Å². The molecule has 3 N–H and O–H groups in total. The minimum absolute atomic E-state index is 0.00281. The van der Waals surface area contributed by atoms with Crippen LogP contribution in [-0.4, -0.2) is 11.0 Å². The van der Waals surface area contributed by atoms with Crippen LogP contribution in [0.2, 0.25) is 0 Å². The van der Waals surface area contributed by atoms with Crippen LogP contribution in [0.3, 0.4) is 0 Å². The number of thiophene rings is 1. The Labute approximate surface area is 110 Å². The molecule has 3 nitrogen and oxygen atoms in total. The SMILES string of the molecule is N/C(=N/O)c1cc(F)c(Sc2cccs2)c(F)c1. The monoisotopic (exact) mass is 286 g/mol. The Morgan fingerprint density at radius 3 is 2.50 bits per heavy atom. The molecular weight excluding hydrogens is 278 g/mol. The van der Waals surface area contributed by atoms with Crippen LogP contribution in [-0.2, 0) is 0 Å². The van der Waals surface area contributed by atoms with Crippen LogP contribution in [0, 0.1) is 11.6 Å². The van der Waals surface area contributed by atoms with Gasteiger partial charge < -0.3 is 10.9 Å². The number of rotatable bonds is 3. The predicted octanol–water partition coefficient (Wildman–Crippen LogP) is 3.27. The van der Waals surface area contributed by atoms with Gasteiger partial charge in [0.25, 0.3) is 0 Å². The van der Waals surface area contributed by atoms with Crippen LogP contribution in [0.15, 0.2) is 43.9 Å². The largest absolute Gasteiger partial charge is 0.409 e. The average molecular weight is 286 g/mol. The van der Waals surface area contributed by atoms with Crippen molar-refractivity contribution in [2.45, 2.75) is 9.10 Å². The molecule has 0 aliphatic heterocycles. The van der Waals surface area contributed by atoms with Crippen molar-refractivity contribution in [2.75, 3.05) is 0 Å². The maximum atomic E-state index is 13.8. The summed E-state index contributed by atoms with van der Waals surface area (Å²) < 4.78 is 28.3. The third-order valence-electron chi connectivity index (χ3n) is 2.10. The van der Waals surface area contributed by atoms with Crippen molar-refractivity contribution < 1.29 is 14.0 Å². The number of halogens is 2. The van der Waals surface area contributed by atoms with Gasteiger partial charge in [0, 0.05) is 5.56 Å². The number of amidine groups is 1. The summed E-state index contributed by atoms with van der Waals surface area (Å²) in [5, 5.41) is 13.0. The first-order valence-electron chi connectivity index (χ1n) is 4.80. The van der Waals surface area contributed by atoms with Crippen LogP contribution in [0.5, 0.6) is 0 Å². The number of oxime groups is 1. The molecule has 94 valence electrons. The predicted molar refractivity (Wildman–Crippen MR) is 67.3 cm³/mol. The normalized spacial score (nSPS) is 11.8. The molecule has 0 atom stereocenters. The molecular formula is C11H8F2N2OS2. The zero-order chi connectivity index (χ0) is 13.1. The molecule has 0 saturated carbocycles. The molecule has 7 heteroatoms. The van der Waals surface area contributed by atoms with E-state index < -0.39 is 11.6 Å². The lowest BCUT2D eigenvalue weighted by molar-refractivity contribution is 0.318. The van der Waals surface area contributed by atoms with E-state index in [4.69, 9.17) is 10.9 Å². The fourth-order valence-electron chi connectivity index (χ4n) is 1.29. The smallest absolute Gasteiger partial charge is 0.170 e. The highest BCUT2D eigenvalue weighted by Gasteiger charge is 2.14. The number of hydrogen-bond acceptors (Lipinski definition) is 4. The van der Waals surface area contributed by atoms with Crippen molar-refractivity contribution >= 4 is 28.9 Å². The molecule has 1 heterocycles. The summed E-state index contributed by atoms with van der Waals surface area (Å²) >= 11 is 2.39. The highest BCUT2D eigenvalue weighted by molar-refractivity contribution is 8.01. The van der Waals surface area contributed by atoms with Crippen molar-refractivity contribution in [3.8, 4) is 0 Å². The van der Waals surface area contributed by atoms with Gasteiger partial charge in [-0.15, -0.1) is 11.3 Å². The van der Waals surface area contributed by atoms with Gasteiger partial charge in [-0.3, -0.25) is 0 Å². The van der Waals surface area contributed by atoms with Crippen molar-refractivity contribution in [1.82, 2.24) is 0 Å². The summed E-state index contributed by atoms with van der Waals surface area (Å²) in [5.74, 6) is -1.81. The zero-order valence-electron chi connectivity index (χ0n) is 8.93. The van der Waals surface area contributed by atoms with Crippen molar-refractivity contribution in [1.29, 1.82) is 0 Å². The molecule has 18 heavy (non-hydrogen) atoms. The second kappa shape index (κ2) is 5.36. The Morgan fingerprint density at radius 1 is 1.33 bits per heavy atom. The highest BCUT2D eigenvalue weighted by atomic mass is 32.2. The first-order valence-corrected chi connectivity index (χ1v) is 6.49. The lowest BCUT2D eigenvalue weighted by atomic mass is 10.2. The zero-order valence-corrected chi connectivity index (χ0v) is 10.6. The molecule has 1 aromatic carbocycles. The van der Waals surface area contributed by atoms with Crippen LogP contribution in [0.4, 0.5) is 8.78 Å². The van der Waals surface area contributed by atoms with Gasteiger partial charge in [-0.2, -0.15) is 0 Å². The minimum atomic E-state index is -0.741. The Kier molecular flexibility index (Phi) is 3.83. The Morgan fingerprint density at radius 2 is 2.00 bits per heavy atom. The van der Waals surface area contributed by atoms with Gasteiger partial charge in [-0.25, -0.2) is 8.78 Å². The topological polar surface area (TPSA) is 58.6 Å². The average Bonchev–Trinajstić information content (AvgIpc) is 2.85. The number of nitrogens with zero attached hydrogens (tertiary/aromatic N) is 1. The van der Waals surface area contributed by atoms with E-state index in [0.29, 0.717) is 0 Å². The molecule has 0 unspecified atom stereocenters. The standard InChI is InChI=1S/C11H8F2N2OS2/c12-7-4-6(11(14)15-16)5-8(13)10(7)18-9-2-1-3-17-9/h1-5,16H,(H2,14,15). The molecule has 0 amide bonds. The van der Waals surface area contributed by atoms with E-state index in [1.807, 2.05) is 5.38 Å². The third kappa shape index (κ3) is 2.62. The lowest BCUT2D eigenvalue weighted by Gasteiger charge is -2.06. The van der Waals surface area contributed by atoms with E-state index in [9.17, 15) is 8.78 Å². The van der Waals surface area contributed by atoms with Gasteiger partial charge in [0.15, 0.2) is 5.84 Å². The Bertz CT molecular complexity index is 562. The van der Waals surface area contributed by atoms with Crippen molar-refractivity contribution in [3.63, 3.8) is 0 Å². The second-order valence-corrected chi connectivity index (χ2v) is 5.55. The molecule has 1 aromatic heterocycles. The van der Waals surface area contributed by atoms with Gasteiger partial charge in [-0.1, -0.05) is 23.0 Å². The van der Waals surface area contributed by atoms with Gasteiger partial charge in [0.2, 0.25) is 0 Å². The summed E-state index contributed by atoms with van der Waals surface area (Å²) in [4.78, 5) is -0.105. The molecule has 0 fully saturated rings. The number of nitrogens with two attached hydrogens (primary N) is 1. The summed E-state index contributed by atoms with van der Waals surface area (Å²) in [6, 6.07) is 5.64. The van der Waals surface area contributed by atoms with Crippen molar-refractivity contribution in [2.24, 2.45) is 10.9 Å². The maximum Gasteiger partial charge on any atom is 0.170 e. The van der Waals surface area contributed by atoms with E-state index in [-0.39, 0.29) is 16.3 Å². The summed E-state index contributed by atoms with van der Waals surface area (Å²) in [6.07, 6.45) is 0. The van der Waals surface area contributed by atoms with Gasteiger partial charge in [-0.05, 0) is 23.6 Å². The first-order chi connectivity index (χ1) is 8.61. The number of benzene rings is 1. The van der Waals surface area contributed by atoms with Crippen LogP contribution in [0.25, 0.3) is 0 Å². The minimum Gasteiger partial charge on any atom is -0.409 e. The van der Waals surface area contributed by atoms with E-state index in [1.165, 1.54) is 11.3 Å². The summed E-state index contributed by atoms with van der Waals surface area (Å²) in [6.45, 7) is 0. The molecule has 0 saturated heterocycles. The first kappa shape index (κ1) is 12.8. The molecule has 2 aromatic rings. The Balaban J connectivity index is 2.38. The highest BCUT2D eigenvalue weighted by Crippen LogP contribution is 2.35. The fraction of sp³-hybridized carbons (Fsp3) is 0. The lowest BCUT2D eigenvalue weighted by Crippen LogP contribution is -2.14. The Hall–Kier alpha value is -1.60. The second-order valence-electron chi connectivity index (χ2n) is 3.29. The molecule has 0 aliphatic carbocycles. The van der Waals surface area contributed by atoms with Gasteiger partial charge in [0.1, 0.15) is 11.6 Å². The molecule has 0 aliphatic rings. The number of hydrogen-bond donors (Lipinski definition) is 2. The van der Waals surface area contributed by atoms with Crippen LogP contribution >= 0.6 is 23.1 Å². The summed E-state index contributed by atoms with van der Waals surface area (Å²) in [7, 11) is 0. The third-order valence-corrected chi connectivity index (χ3v) is 4.23. The molecule has 2 rings (SSSR count). The van der Waals surface area contributed by atoms with E-state index in [2.05, 4.69) is 5.16 Å². The van der Waals surface area contributed by atoms with Crippen LogP contribution in [0.1, 0.15) is 5.56 Å². The van der Waals surface area contributed by atoms with Crippen molar-refractivity contribution in [3.05, 3.63) is 46.8 Å². The summed E-state index contributed by atoms with van der Waals surface area (Å²) in [5.41, 5.74) is 5.28. The maximum absolute atomic E-state index is 13.8. The van der Waals surface area contributed by atoms with Gasteiger partial charge in [0.05, 0.1) is 9.10 Å². The van der Waals surface area contributed by atoms with Crippen LogP contribution < -0.4 is 5.73 Å². The molecule has 0 bridgehead atoms. The fourth-order valence-corrected chi connectivity index (χ4v) is 3.00. The molecule has 0 radical (unpaired) electrons. The van der Waals surface area contributed by atoms with E-state index in [1.54, 1.807) is 12.1 Å². The van der Waals surface area contributed by atoms with E-state index >= 15 is 0 Å². The molecule has 0 spiro atoms. The quantitative estimate of drug-likeness (QED) is 0.394. The van der Waals surface area contributed by atoms with Gasteiger partial charge >= 0.3 is 0 Å².